The Bertz CT molecular complexity index is 505. The van der Waals surface area contributed by atoms with Gasteiger partial charge in [-0.05, 0) is 0 Å². The van der Waals surface area contributed by atoms with Crippen molar-refractivity contribution in [3.63, 3.8) is 0 Å². The van der Waals surface area contributed by atoms with Gasteiger partial charge in [-0.25, -0.2) is 24.3 Å². The van der Waals surface area contributed by atoms with Crippen molar-refractivity contribution in [2.24, 2.45) is 0 Å². The normalized spacial score (nSPS) is 8.18. The molecule has 0 heterocycles. The summed E-state index contributed by atoms with van der Waals surface area (Å²) in [6.45, 7) is 0. The van der Waals surface area contributed by atoms with Gasteiger partial charge in [-0.2, -0.15) is 96.1 Å². The predicted molar refractivity (Wildman–Crippen MR) is 87.1 cm³/mol. The second kappa shape index (κ2) is 13.1. The average molecular weight is 376 g/mol. The Morgan fingerprint density at radius 2 is 0.682 bits per heavy atom. The van der Waals surface area contributed by atoms with Gasteiger partial charge in [0, 0.05) is 0 Å². The van der Waals surface area contributed by atoms with Gasteiger partial charge in [-0.3, -0.25) is 0 Å². The van der Waals surface area contributed by atoms with E-state index in [9.17, 15) is 0 Å². The summed E-state index contributed by atoms with van der Waals surface area (Å²) >= 11 is 0. The van der Waals surface area contributed by atoms with Gasteiger partial charge in [-0.15, -0.1) is 0 Å². The van der Waals surface area contributed by atoms with Crippen molar-refractivity contribution in [2.75, 3.05) is 0 Å². The fourth-order valence-electron chi connectivity index (χ4n) is 1.77. The third-order valence-corrected chi connectivity index (χ3v) is 2.77. The molecule has 0 aliphatic carbocycles. The van der Waals surface area contributed by atoms with Crippen LogP contribution < -0.4 is 0 Å². The summed E-state index contributed by atoms with van der Waals surface area (Å²) in [5.74, 6) is 0. The van der Waals surface area contributed by atoms with E-state index in [1.54, 1.807) is 0 Å². The molecule has 0 spiro atoms. The van der Waals surface area contributed by atoms with E-state index in [0.717, 1.165) is 0 Å². The van der Waals surface area contributed by atoms with E-state index in [0.29, 0.717) is 0 Å². The van der Waals surface area contributed by atoms with Crippen LogP contribution >= 0.6 is 0 Å². The molecule has 22 heavy (non-hydrogen) atoms. The van der Waals surface area contributed by atoms with Crippen molar-refractivity contribution in [3.8, 4) is 11.1 Å². The summed E-state index contributed by atoms with van der Waals surface area (Å²) in [5.41, 5.74) is 2.62. The minimum Gasteiger partial charge on any atom is -0.214 e. The molecule has 0 bridgehead atoms. The Labute approximate surface area is 153 Å². The molecule has 0 atom stereocenters. The molecule has 0 fully saturated rings. The van der Waals surface area contributed by atoms with E-state index < -0.39 is 0 Å². The summed E-state index contributed by atoms with van der Waals surface area (Å²) < 4.78 is 0. The zero-order chi connectivity index (χ0) is 13.9. The van der Waals surface area contributed by atoms with Crippen LogP contribution in [0, 0.1) is 0 Å². The zero-order valence-electron chi connectivity index (χ0n) is 12.1. The second-order valence-electron chi connectivity index (χ2n) is 4.27. The molecule has 0 aromatic heterocycles. The maximum atomic E-state index is 2.12. The van der Waals surface area contributed by atoms with E-state index in [4.69, 9.17) is 0 Å². The van der Waals surface area contributed by atoms with Crippen molar-refractivity contribution in [1.29, 1.82) is 0 Å². The maximum Gasteiger partial charge on any atom is 2.00 e. The molecule has 2 heteroatoms. The number of rotatable bonds is 1. The third-order valence-electron chi connectivity index (χ3n) is 2.77. The van der Waals surface area contributed by atoms with Gasteiger partial charge in [0.1, 0.15) is 0 Å². The first-order valence-corrected chi connectivity index (χ1v) is 6.74. The molecule has 2 radical (unpaired) electrons. The number of hydrogen-bond acceptors (Lipinski definition) is 0. The van der Waals surface area contributed by atoms with Gasteiger partial charge >= 0.3 is 33.6 Å². The van der Waals surface area contributed by atoms with Crippen LogP contribution in [0.5, 0.6) is 0 Å². The van der Waals surface area contributed by atoms with E-state index in [-0.39, 0.29) is 33.6 Å². The fraction of sp³-hybridized carbons (Fsp3) is 0. The molecule has 0 saturated heterocycles. The molecule has 0 saturated carbocycles. The SMILES string of the molecule is [Co+2].[Co+2].c1cc[c-](-[c-]2cccc2)c1.c1cc[cH-]c1.c1cc[cH-]c1. The molecule has 0 amide bonds. The Morgan fingerprint density at radius 1 is 0.409 bits per heavy atom. The fourth-order valence-corrected chi connectivity index (χ4v) is 1.77. The summed E-state index contributed by atoms with van der Waals surface area (Å²) in [6.07, 6.45) is 0. The smallest absolute Gasteiger partial charge is 0.214 e. The summed E-state index contributed by atoms with van der Waals surface area (Å²) in [6, 6.07) is 36.7. The van der Waals surface area contributed by atoms with Crippen LogP contribution in [0.15, 0.2) is 109 Å². The molecule has 4 rings (SSSR count). The van der Waals surface area contributed by atoms with Gasteiger partial charge in [0.05, 0.1) is 0 Å². The zero-order valence-corrected chi connectivity index (χ0v) is 14.1. The largest absolute Gasteiger partial charge is 2.00 e. The van der Waals surface area contributed by atoms with Crippen LogP contribution in [0.25, 0.3) is 11.1 Å². The molecular formula is C20H18Co2. The van der Waals surface area contributed by atoms with Gasteiger partial charge in [0.25, 0.3) is 0 Å². The van der Waals surface area contributed by atoms with Crippen LogP contribution in [0.4, 0.5) is 0 Å². The molecule has 0 aliphatic heterocycles. The van der Waals surface area contributed by atoms with E-state index in [1.165, 1.54) is 11.1 Å². The Kier molecular flexibility index (Phi) is 12.2. The van der Waals surface area contributed by atoms with Gasteiger partial charge in [0.15, 0.2) is 0 Å². The Hall–Kier alpha value is -1.59. The van der Waals surface area contributed by atoms with Crippen LogP contribution in [0.1, 0.15) is 0 Å². The quantitative estimate of drug-likeness (QED) is 0.380. The predicted octanol–water partition coefficient (Wildman–Crippen LogP) is 5.60. The molecule has 0 nitrogen and oxygen atoms in total. The van der Waals surface area contributed by atoms with Gasteiger partial charge < -0.3 is 0 Å². The first-order chi connectivity index (χ1) is 9.97. The first-order valence-electron chi connectivity index (χ1n) is 6.74. The van der Waals surface area contributed by atoms with Crippen molar-refractivity contribution in [3.05, 3.63) is 109 Å². The van der Waals surface area contributed by atoms with Crippen molar-refractivity contribution in [1.82, 2.24) is 0 Å². The second-order valence-corrected chi connectivity index (χ2v) is 4.27. The van der Waals surface area contributed by atoms with Crippen molar-refractivity contribution >= 4 is 0 Å². The molecule has 0 aliphatic rings. The van der Waals surface area contributed by atoms with Crippen LogP contribution in [-0.4, -0.2) is 0 Å². The standard InChI is InChI=1S/C10H8.2C5H5.2Co/c1-2-6-9(5-1)10-7-3-4-8-10;2*1-2-4-5-3-1;;/h1-8H;2*1-5H;;/q-2;2*-1;2*+2. The first kappa shape index (κ1) is 20.4. The molecule has 0 N–H and O–H groups in total. The third kappa shape index (κ3) is 8.00. The molecule has 4 aromatic carbocycles. The molecular weight excluding hydrogens is 358 g/mol. The molecule has 116 valence electrons. The number of hydrogen-bond donors (Lipinski definition) is 0. The topological polar surface area (TPSA) is 0 Å². The van der Waals surface area contributed by atoms with E-state index in [1.807, 2.05) is 60.7 Å². The molecule has 4 aromatic rings. The van der Waals surface area contributed by atoms with Crippen LogP contribution in [0.2, 0.25) is 0 Å². The van der Waals surface area contributed by atoms with Crippen molar-refractivity contribution < 1.29 is 33.6 Å². The van der Waals surface area contributed by atoms with Gasteiger partial charge in [-0.1, -0.05) is 0 Å². The van der Waals surface area contributed by atoms with E-state index in [2.05, 4.69) is 48.5 Å². The maximum absolute atomic E-state index is 2.12. The molecule has 0 unspecified atom stereocenters. The summed E-state index contributed by atoms with van der Waals surface area (Å²) in [7, 11) is 0. The van der Waals surface area contributed by atoms with E-state index >= 15 is 0 Å². The Morgan fingerprint density at radius 3 is 0.864 bits per heavy atom. The van der Waals surface area contributed by atoms with Crippen molar-refractivity contribution in [2.45, 2.75) is 0 Å². The van der Waals surface area contributed by atoms with Crippen LogP contribution in [0.3, 0.4) is 0 Å². The summed E-state index contributed by atoms with van der Waals surface area (Å²) in [5, 5.41) is 0. The Balaban J connectivity index is 0.000000316. The minimum absolute atomic E-state index is 0. The summed E-state index contributed by atoms with van der Waals surface area (Å²) in [4.78, 5) is 0. The van der Waals surface area contributed by atoms with Crippen LogP contribution in [-0.2, 0) is 33.6 Å². The minimum atomic E-state index is 0. The average Bonchev–Trinajstić information content (AvgIpc) is 3.35. The monoisotopic (exact) mass is 376 g/mol. The van der Waals surface area contributed by atoms with Gasteiger partial charge in [0.2, 0.25) is 0 Å².